The maximum absolute atomic E-state index is 12.4. The van der Waals surface area contributed by atoms with E-state index >= 15 is 0 Å². The van der Waals surface area contributed by atoms with Gasteiger partial charge in [0.15, 0.2) is 11.5 Å². The van der Waals surface area contributed by atoms with Gasteiger partial charge in [-0.15, -0.1) is 0 Å². The summed E-state index contributed by atoms with van der Waals surface area (Å²) in [7, 11) is 0. The monoisotopic (exact) mass is 298 g/mol. The molecule has 1 amide bonds. The summed E-state index contributed by atoms with van der Waals surface area (Å²) < 4.78 is 0. The number of hydrogen-bond acceptors (Lipinski definition) is 5. The van der Waals surface area contributed by atoms with Crippen molar-refractivity contribution in [1.29, 1.82) is 5.41 Å². The number of nitrogen functional groups attached to an aromatic ring is 1. The van der Waals surface area contributed by atoms with Crippen molar-refractivity contribution in [1.82, 2.24) is 10.0 Å². The Kier molecular flexibility index (Phi) is 2.82. The molecule has 3 aliphatic rings. The van der Waals surface area contributed by atoms with Crippen LogP contribution in [0.2, 0.25) is 0 Å². The third kappa shape index (κ3) is 1.78. The van der Waals surface area contributed by atoms with E-state index in [9.17, 15) is 4.79 Å². The number of hydrogen-bond donors (Lipinski definition) is 3. The van der Waals surface area contributed by atoms with Crippen LogP contribution in [0.15, 0.2) is 17.1 Å². The number of anilines is 2. The Hall–Kier alpha value is -2.57. The molecule has 4 rings (SSSR count). The summed E-state index contributed by atoms with van der Waals surface area (Å²) in [6.07, 6.45) is 2.94. The molecule has 22 heavy (non-hydrogen) atoms. The van der Waals surface area contributed by atoms with Crippen LogP contribution in [-0.2, 0) is 11.2 Å². The Morgan fingerprint density at radius 1 is 1.23 bits per heavy atom. The number of aryl methyl sites for hydroxylation is 1. The number of benzene rings is 1. The fourth-order valence-electron chi connectivity index (χ4n) is 3.28. The average Bonchev–Trinajstić information content (AvgIpc) is 3.09. The molecule has 7 nitrogen and oxygen atoms in total. The number of nitrogens with one attached hydrogen (secondary N) is 2. The van der Waals surface area contributed by atoms with Gasteiger partial charge in [-0.05, 0) is 30.9 Å². The molecular formula is C15H18N6O. The highest BCUT2D eigenvalue weighted by Gasteiger charge is 2.42. The summed E-state index contributed by atoms with van der Waals surface area (Å²) in [6, 6.07) is 3.83. The summed E-state index contributed by atoms with van der Waals surface area (Å²) in [5.41, 5.74) is 9.45. The lowest BCUT2D eigenvalue weighted by atomic mass is 10.0. The molecule has 2 saturated heterocycles. The van der Waals surface area contributed by atoms with Crippen molar-refractivity contribution in [3.05, 3.63) is 17.7 Å². The van der Waals surface area contributed by atoms with E-state index in [0.29, 0.717) is 24.5 Å². The highest BCUT2D eigenvalue weighted by atomic mass is 16.2. The molecule has 0 saturated carbocycles. The first-order valence-electron chi connectivity index (χ1n) is 7.59. The summed E-state index contributed by atoms with van der Waals surface area (Å²) in [4.78, 5) is 16.9. The average molecular weight is 298 g/mol. The molecule has 0 bridgehead atoms. The molecule has 114 valence electrons. The first kappa shape index (κ1) is 13.1. The molecule has 1 aromatic carbocycles. The number of carbonyl (C=O) groups is 1. The fraction of sp³-hybridized carbons (Fsp3) is 0.400. The number of carbonyl (C=O) groups excluding carboxylic acids is 1. The van der Waals surface area contributed by atoms with Crippen LogP contribution in [0.1, 0.15) is 18.4 Å². The summed E-state index contributed by atoms with van der Waals surface area (Å²) in [5, 5.41) is 14.8. The maximum atomic E-state index is 12.4. The topological polar surface area (TPSA) is 97.8 Å². The Bertz CT molecular complexity index is 686. The molecule has 0 aromatic heterocycles. The molecule has 0 aliphatic carbocycles. The number of nitrogens with zero attached hydrogens (tertiary/aromatic N) is 3. The minimum Gasteiger partial charge on any atom is -0.397 e. The molecule has 0 spiro atoms. The molecular weight excluding hydrogens is 280 g/mol. The summed E-state index contributed by atoms with van der Waals surface area (Å²) >= 11 is 0. The van der Waals surface area contributed by atoms with Crippen LogP contribution in [0.5, 0.6) is 0 Å². The van der Waals surface area contributed by atoms with E-state index in [4.69, 9.17) is 11.1 Å². The molecule has 2 fully saturated rings. The van der Waals surface area contributed by atoms with E-state index in [-0.39, 0.29) is 17.5 Å². The molecule has 7 heteroatoms. The number of rotatable bonds is 1. The third-order valence-corrected chi connectivity index (χ3v) is 4.39. The summed E-state index contributed by atoms with van der Waals surface area (Å²) in [6.45, 7) is 2.23. The zero-order valence-electron chi connectivity index (χ0n) is 12.2. The molecule has 0 unspecified atom stereocenters. The highest BCUT2D eigenvalue weighted by Crippen LogP contribution is 2.38. The quantitative estimate of drug-likeness (QED) is 0.677. The van der Waals surface area contributed by atoms with Gasteiger partial charge in [-0.3, -0.25) is 15.2 Å². The lowest BCUT2D eigenvalue weighted by Gasteiger charge is -2.20. The van der Waals surface area contributed by atoms with Gasteiger partial charge in [0.1, 0.15) is 5.69 Å². The number of amides is 1. The smallest absolute Gasteiger partial charge is 0.294 e. The van der Waals surface area contributed by atoms with Gasteiger partial charge in [0, 0.05) is 19.6 Å². The first-order valence-corrected chi connectivity index (χ1v) is 7.59. The van der Waals surface area contributed by atoms with Gasteiger partial charge in [0.05, 0.1) is 11.4 Å². The lowest BCUT2D eigenvalue weighted by molar-refractivity contribution is -0.129. The number of nitrogens with two attached hydrogens (primary N) is 1. The molecule has 3 aliphatic heterocycles. The van der Waals surface area contributed by atoms with E-state index in [0.717, 1.165) is 37.1 Å². The van der Waals surface area contributed by atoms with Crippen molar-refractivity contribution >= 4 is 34.5 Å². The maximum Gasteiger partial charge on any atom is 0.294 e. The Labute approximate surface area is 128 Å². The predicted octanol–water partition coefficient (Wildman–Crippen LogP) is 1.14. The summed E-state index contributed by atoms with van der Waals surface area (Å²) in [5.74, 6) is -0.0226. The van der Waals surface area contributed by atoms with Crippen molar-refractivity contribution in [3.8, 4) is 0 Å². The van der Waals surface area contributed by atoms with E-state index in [2.05, 4.69) is 10.3 Å². The number of aliphatic imine (C=N–C) groups is 1. The van der Waals surface area contributed by atoms with E-state index < -0.39 is 0 Å². The van der Waals surface area contributed by atoms with Gasteiger partial charge < -0.3 is 11.1 Å². The van der Waals surface area contributed by atoms with E-state index in [1.807, 2.05) is 12.1 Å². The van der Waals surface area contributed by atoms with Crippen LogP contribution in [-0.4, -0.2) is 47.1 Å². The molecule has 0 radical (unpaired) electrons. The Morgan fingerprint density at radius 3 is 2.86 bits per heavy atom. The van der Waals surface area contributed by atoms with Gasteiger partial charge in [0.2, 0.25) is 0 Å². The van der Waals surface area contributed by atoms with Crippen LogP contribution in [0.4, 0.5) is 17.1 Å². The SMILES string of the molecule is N=C1C(=Nc2c(N)ccc3c2NCCC3)C(=O)N2CCCN12. The first-order chi connectivity index (χ1) is 10.7. The molecule has 1 aromatic rings. The second-order valence-electron chi connectivity index (χ2n) is 5.78. The highest BCUT2D eigenvalue weighted by molar-refractivity contribution is 6.68. The van der Waals surface area contributed by atoms with Crippen molar-refractivity contribution in [2.45, 2.75) is 19.3 Å². The van der Waals surface area contributed by atoms with Gasteiger partial charge in [-0.2, -0.15) is 0 Å². The van der Waals surface area contributed by atoms with Crippen LogP contribution in [0, 0.1) is 5.41 Å². The van der Waals surface area contributed by atoms with Crippen molar-refractivity contribution in [3.63, 3.8) is 0 Å². The predicted molar refractivity (Wildman–Crippen MR) is 85.5 cm³/mol. The largest absolute Gasteiger partial charge is 0.397 e. The van der Waals surface area contributed by atoms with Crippen LogP contribution in [0.25, 0.3) is 0 Å². The van der Waals surface area contributed by atoms with Crippen LogP contribution >= 0.6 is 0 Å². The normalized spacial score (nSPS) is 22.1. The number of hydrazine groups is 1. The minimum atomic E-state index is -0.199. The number of amidine groups is 1. The number of fused-ring (bicyclic) bond motifs is 2. The van der Waals surface area contributed by atoms with E-state index in [1.54, 1.807) is 10.0 Å². The molecule has 0 atom stereocenters. The Morgan fingerprint density at radius 2 is 2.05 bits per heavy atom. The van der Waals surface area contributed by atoms with Gasteiger partial charge in [0.25, 0.3) is 5.91 Å². The van der Waals surface area contributed by atoms with Gasteiger partial charge in [-0.1, -0.05) is 6.07 Å². The third-order valence-electron chi connectivity index (χ3n) is 4.39. The van der Waals surface area contributed by atoms with Crippen molar-refractivity contribution in [2.24, 2.45) is 4.99 Å². The molecule has 4 N–H and O–H groups in total. The Balaban J connectivity index is 1.80. The van der Waals surface area contributed by atoms with E-state index in [1.165, 1.54) is 0 Å². The van der Waals surface area contributed by atoms with Gasteiger partial charge >= 0.3 is 0 Å². The molecule has 3 heterocycles. The second kappa shape index (κ2) is 4.72. The van der Waals surface area contributed by atoms with Crippen molar-refractivity contribution < 1.29 is 4.79 Å². The zero-order valence-corrected chi connectivity index (χ0v) is 12.2. The van der Waals surface area contributed by atoms with Crippen LogP contribution in [0.3, 0.4) is 0 Å². The fourth-order valence-corrected chi connectivity index (χ4v) is 3.28. The standard InChI is InChI=1S/C15H18N6O/c16-10-5-4-9-3-1-6-18-11(9)12(10)19-13-14(17)20-7-2-8-21(20)15(13)22/h4-5,17-18H,1-3,6-8,16H2. The second-order valence-corrected chi connectivity index (χ2v) is 5.78. The zero-order chi connectivity index (χ0) is 15.3. The lowest BCUT2D eigenvalue weighted by Crippen LogP contribution is -2.33. The van der Waals surface area contributed by atoms with Gasteiger partial charge in [-0.25, -0.2) is 10.0 Å². The van der Waals surface area contributed by atoms with Crippen molar-refractivity contribution in [2.75, 3.05) is 30.7 Å². The minimum absolute atomic E-state index is 0.176. The van der Waals surface area contributed by atoms with Crippen LogP contribution < -0.4 is 11.1 Å².